The number of hydrogen-bond donors (Lipinski definition) is 0. The van der Waals surface area contributed by atoms with Gasteiger partial charge in [-0.1, -0.05) is 0 Å². The van der Waals surface area contributed by atoms with Crippen LogP contribution in [0.4, 0.5) is 0 Å². The molecule has 4 nitrogen and oxygen atoms in total. The largest absolute Gasteiger partial charge is 0.486 e. The Kier molecular flexibility index (Phi) is 4.59. The predicted octanol–water partition coefficient (Wildman–Crippen LogP) is 2.84. The predicted molar refractivity (Wildman–Crippen MR) is 86.4 cm³/mol. The quantitative estimate of drug-likeness (QED) is 0.850. The van der Waals surface area contributed by atoms with Crippen LogP contribution >= 0.6 is 0 Å². The zero-order chi connectivity index (χ0) is 15.4. The average Bonchev–Trinajstić information content (AvgIpc) is 2.55. The summed E-state index contributed by atoms with van der Waals surface area (Å²) < 4.78 is 11.3. The van der Waals surface area contributed by atoms with Gasteiger partial charge in [0, 0.05) is 25.5 Å². The standard InChI is InChI=1S/C18H22N2O2/c1-14-11-17-18(22-10-9-21-17)12-16(14)13-20(2)8-5-15-3-6-19-7-4-15/h3-4,6-7,11-12H,5,8-10,13H2,1-2H3. The summed E-state index contributed by atoms with van der Waals surface area (Å²) in [6.45, 7) is 5.32. The Morgan fingerprint density at radius 3 is 2.50 bits per heavy atom. The van der Waals surface area contributed by atoms with Crippen LogP contribution in [0.25, 0.3) is 0 Å². The maximum absolute atomic E-state index is 5.68. The van der Waals surface area contributed by atoms with Crippen molar-refractivity contribution in [1.29, 1.82) is 0 Å². The summed E-state index contributed by atoms with van der Waals surface area (Å²) in [5.41, 5.74) is 3.86. The Labute approximate surface area is 131 Å². The lowest BCUT2D eigenvalue weighted by atomic mass is 10.1. The van der Waals surface area contributed by atoms with E-state index in [-0.39, 0.29) is 0 Å². The molecular formula is C18H22N2O2. The van der Waals surface area contributed by atoms with Crippen LogP contribution in [0.15, 0.2) is 36.7 Å². The number of fused-ring (bicyclic) bond motifs is 1. The summed E-state index contributed by atoms with van der Waals surface area (Å²) in [4.78, 5) is 6.39. The smallest absolute Gasteiger partial charge is 0.161 e. The van der Waals surface area contributed by atoms with Crippen molar-refractivity contribution < 1.29 is 9.47 Å². The highest BCUT2D eigenvalue weighted by Crippen LogP contribution is 2.33. The molecule has 0 amide bonds. The topological polar surface area (TPSA) is 34.6 Å². The number of aromatic nitrogens is 1. The van der Waals surface area contributed by atoms with Gasteiger partial charge in [-0.15, -0.1) is 0 Å². The summed E-state index contributed by atoms with van der Waals surface area (Å²) in [7, 11) is 2.15. The van der Waals surface area contributed by atoms with E-state index in [0.29, 0.717) is 13.2 Å². The highest BCUT2D eigenvalue weighted by molar-refractivity contribution is 5.47. The van der Waals surface area contributed by atoms with E-state index in [0.717, 1.165) is 31.0 Å². The molecule has 0 saturated heterocycles. The second-order valence-electron chi connectivity index (χ2n) is 5.77. The fourth-order valence-corrected chi connectivity index (χ4v) is 2.64. The molecule has 0 aliphatic carbocycles. The number of hydrogen-bond acceptors (Lipinski definition) is 4. The third-order valence-electron chi connectivity index (χ3n) is 3.97. The number of aryl methyl sites for hydroxylation is 1. The van der Waals surface area contributed by atoms with Gasteiger partial charge in [0.1, 0.15) is 13.2 Å². The number of rotatable bonds is 5. The molecule has 1 aliphatic rings. The molecule has 22 heavy (non-hydrogen) atoms. The molecule has 0 bridgehead atoms. The molecule has 0 atom stereocenters. The van der Waals surface area contributed by atoms with E-state index in [9.17, 15) is 0 Å². The second-order valence-corrected chi connectivity index (χ2v) is 5.77. The SMILES string of the molecule is Cc1cc2c(cc1CN(C)CCc1ccncc1)OCCO2. The minimum Gasteiger partial charge on any atom is -0.486 e. The van der Waals surface area contributed by atoms with E-state index >= 15 is 0 Å². The number of pyridine rings is 1. The number of ether oxygens (including phenoxy) is 2. The normalized spacial score (nSPS) is 13.4. The van der Waals surface area contributed by atoms with E-state index < -0.39 is 0 Å². The highest BCUT2D eigenvalue weighted by Gasteiger charge is 2.14. The second kappa shape index (κ2) is 6.79. The first kappa shape index (κ1) is 14.9. The first-order chi connectivity index (χ1) is 10.7. The van der Waals surface area contributed by atoms with Crippen LogP contribution in [0.3, 0.4) is 0 Å². The fourth-order valence-electron chi connectivity index (χ4n) is 2.64. The van der Waals surface area contributed by atoms with Gasteiger partial charge in [-0.05, 0) is 61.3 Å². The van der Waals surface area contributed by atoms with Gasteiger partial charge in [0.15, 0.2) is 11.5 Å². The van der Waals surface area contributed by atoms with Crippen molar-refractivity contribution in [1.82, 2.24) is 9.88 Å². The minimum absolute atomic E-state index is 0.632. The molecule has 4 heteroatoms. The fraction of sp³-hybridized carbons (Fsp3) is 0.389. The van der Waals surface area contributed by atoms with E-state index in [4.69, 9.17) is 9.47 Å². The number of benzene rings is 1. The van der Waals surface area contributed by atoms with Crippen molar-refractivity contribution in [3.63, 3.8) is 0 Å². The van der Waals surface area contributed by atoms with Gasteiger partial charge >= 0.3 is 0 Å². The number of likely N-dealkylation sites (N-methyl/N-ethyl adjacent to an activating group) is 1. The van der Waals surface area contributed by atoms with Crippen LogP contribution in [0, 0.1) is 6.92 Å². The summed E-state index contributed by atoms with van der Waals surface area (Å²) in [6.07, 6.45) is 4.73. The maximum Gasteiger partial charge on any atom is 0.161 e. The Morgan fingerprint density at radius 1 is 1.09 bits per heavy atom. The molecule has 2 heterocycles. The maximum atomic E-state index is 5.68. The van der Waals surface area contributed by atoms with Crippen molar-refractivity contribution in [2.75, 3.05) is 26.8 Å². The summed E-state index contributed by atoms with van der Waals surface area (Å²) in [5, 5.41) is 0. The Bertz CT molecular complexity index is 628. The van der Waals surface area contributed by atoms with Crippen LogP contribution in [0.5, 0.6) is 11.5 Å². The monoisotopic (exact) mass is 298 g/mol. The lowest BCUT2D eigenvalue weighted by Crippen LogP contribution is -2.22. The lowest BCUT2D eigenvalue weighted by Gasteiger charge is -2.22. The molecule has 1 aromatic carbocycles. The lowest BCUT2D eigenvalue weighted by molar-refractivity contribution is 0.171. The minimum atomic E-state index is 0.632. The van der Waals surface area contributed by atoms with Gasteiger partial charge in [-0.3, -0.25) is 4.98 Å². The molecule has 1 aliphatic heterocycles. The summed E-state index contributed by atoms with van der Waals surface area (Å²) in [5.74, 6) is 1.74. The molecule has 1 aromatic heterocycles. The van der Waals surface area contributed by atoms with Crippen LogP contribution in [-0.2, 0) is 13.0 Å². The highest BCUT2D eigenvalue weighted by atomic mass is 16.6. The van der Waals surface area contributed by atoms with Gasteiger partial charge < -0.3 is 14.4 Å². The zero-order valence-electron chi connectivity index (χ0n) is 13.2. The van der Waals surface area contributed by atoms with E-state index in [1.165, 1.54) is 16.7 Å². The van der Waals surface area contributed by atoms with Crippen LogP contribution in [0.1, 0.15) is 16.7 Å². The molecule has 0 unspecified atom stereocenters. The molecule has 0 N–H and O–H groups in total. The molecule has 116 valence electrons. The third kappa shape index (κ3) is 3.57. The van der Waals surface area contributed by atoms with Gasteiger partial charge in [-0.25, -0.2) is 0 Å². The van der Waals surface area contributed by atoms with Gasteiger partial charge in [0.05, 0.1) is 0 Å². The van der Waals surface area contributed by atoms with E-state index in [1.54, 1.807) is 0 Å². The van der Waals surface area contributed by atoms with Crippen molar-refractivity contribution >= 4 is 0 Å². The molecule has 0 fully saturated rings. The van der Waals surface area contributed by atoms with Crippen LogP contribution < -0.4 is 9.47 Å². The molecule has 2 aromatic rings. The third-order valence-corrected chi connectivity index (χ3v) is 3.97. The first-order valence-electron chi connectivity index (χ1n) is 7.69. The summed E-state index contributed by atoms with van der Waals surface area (Å²) >= 11 is 0. The van der Waals surface area contributed by atoms with Crippen molar-refractivity contribution in [2.45, 2.75) is 19.9 Å². The van der Waals surface area contributed by atoms with E-state index in [2.05, 4.69) is 48.1 Å². The molecule has 0 saturated carbocycles. The average molecular weight is 298 g/mol. The van der Waals surface area contributed by atoms with Gasteiger partial charge in [-0.2, -0.15) is 0 Å². The van der Waals surface area contributed by atoms with Crippen molar-refractivity contribution in [2.24, 2.45) is 0 Å². The Balaban J connectivity index is 1.62. The molecule has 0 radical (unpaired) electrons. The Morgan fingerprint density at radius 2 is 1.77 bits per heavy atom. The first-order valence-corrected chi connectivity index (χ1v) is 7.69. The zero-order valence-corrected chi connectivity index (χ0v) is 13.2. The summed E-state index contributed by atoms with van der Waals surface area (Å²) in [6, 6.07) is 8.35. The van der Waals surface area contributed by atoms with Crippen molar-refractivity contribution in [3.8, 4) is 11.5 Å². The van der Waals surface area contributed by atoms with Gasteiger partial charge in [0.2, 0.25) is 0 Å². The van der Waals surface area contributed by atoms with Gasteiger partial charge in [0.25, 0.3) is 0 Å². The van der Waals surface area contributed by atoms with Crippen LogP contribution in [0.2, 0.25) is 0 Å². The van der Waals surface area contributed by atoms with Crippen LogP contribution in [-0.4, -0.2) is 36.7 Å². The Hall–Kier alpha value is -2.07. The molecular weight excluding hydrogens is 276 g/mol. The molecule has 0 spiro atoms. The van der Waals surface area contributed by atoms with Crippen molar-refractivity contribution in [3.05, 3.63) is 53.3 Å². The molecule has 3 rings (SSSR count). The number of nitrogens with zero attached hydrogens (tertiary/aromatic N) is 2. The van der Waals surface area contributed by atoms with E-state index in [1.807, 2.05) is 12.4 Å².